The van der Waals surface area contributed by atoms with Crippen LogP contribution in [0.15, 0.2) is 22.2 Å². The second kappa shape index (κ2) is 8.96. The SMILES string of the molecule is CC[C@@H]1CN2CCc3c([nH]c4c(Br)c(Cl)cc(OC)c34)[C@@H]2C[C@@H]1/C(=C\C=O)C(=O)OC. The summed E-state index contributed by atoms with van der Waals surface area (Å²) >= 11 is 10.0. The Hall–Kier alpha value is -1.83. The van der Waals surface area contributed by atoms with Crippen LogP contribution in [0.4, 0.5) is 0 Å². The molecule has 2 aromatic rings. The van der Waals surface area contributed by atoms with Gasteiger partial charge in [-0.2, -0.15) is 0 Å². The first-order valence-electron chi connectivity index (χ1n) is 10.5. The molecule has 0 radical (unpaired) electrons. The molecule has 1 fully saturated rings. The maximum Gasteiger partial charge on any atom is 0.334 e. The van der Waals surface area contributed by atoms with Crippen molar-refractivity contribution in [3.63, 3.8) is 0 Å². The number of nitrogens with zero attached hydrogens (tertiary/aromatic N) is 1. The fraction of sp³-hybridized carbons (Fsp3) is 0.478. The molecule has 1 N–H and O–H groups in total. The molecule has 0 unspecified atom stereocenters. The van der Waals surface area contributed by atoms with Crippen molar-refractivity contribution >= 4 is 50.7 Å². The van der Waals surface area contributed by atoms with Crippen LogP contribution in [0.25, 0.3) is 10.9 Å². The summed E-state index contributed by atoms with van der Waals surface area (Å²) < 4.78 is 11.5. The summed E-state index contributed by atoms with van der Waals surface area (Å²) in [5.74, 6) is 0.565. The molecule has 0 bridgehead atoms. The van der Waals surface area contributed by atoms with Gasteiger partial charge in [0, 0.05) is 35.8 Å². The van der Waals surface area contributed by atoms with Gasteiger partial charge in [0.2, 0.25) is 0 Å². The van der Waals surface area contributed by atoms with Crippen LogP contribution in [-0.2, 0) is 20.7 Å². The molecule has 1 saturated heterocycles. The summed E-state index contributed by atoms with van der Waals surface area (Å²) in [6, 6.07) is 1.95. The number of rotatable bonds is 5. The van der Waals surface area contributed by atoms with Crippen LogP contribution in [0.2, 0.25) is 5.02 Å². The highest BCUT2D eigenvalue weighted by Crippen LogP contribution is 2.49. The number of ether oxygens (including phenoxy) is 2. The van der Waals surface area contributed by atoms with E-state index in [0.29, 0.717) is 16.9 Å². The predicted molar refractivity (Wildman–Crippen MR) is 124 cm³/mol. The molecule has 0 saturated carbocycles. The molecule has 4 rings (SSSR count). The number of aromatic amines is 1. The van der Waals surface area contributed by atoms with Gasteiger partial charge in [-0.15, -0.1) is 0 Å². The zero-order chi connectivity index (χ0) is 22.3. The van der Waals surface area contributed by atoms with Crippen molar-refractivity contribution in [2.45, 2.75) is 32.2 Å². The maximum atomic E-state index is 12.5. The van der Waals surface area contributed by atoms with E-state index in [1.165, 1.54) is 18.7 Å². The van der Waals surface area contributed by atoms with Crippen LogP contribution >= 0.6 is 27.5 Å². The van der Waals surface area contributed by atoms with Crippen LogP contribution in [0, 0.1) is 11.8 Å². The Morgan fingerprint density at radius 2 is 2.19 bits per heavy atom. The molecule has 0 aliphatic carbocycles. The molecule has 2 aliphatic rings. The van der Waals surface area contributed by atoms with Crippen molar-refractivity contribution in [2.75, 3.05) is 27.3 Å². The Morgan fingerprint density at radius 1 is 1.42 bits per heavy atom. The van der Waals surface area contributed by atoms with Crippen molar-refractivity contribution in [1.82, 2.24) is 9.88 Å². The fourth-order valence-electron chi connectivity index (χ4n) is 5.34. The number of esters is 1. The number of aromatic nitrogens is 1. The first kappa shape index (κ1) is 22.4. The molecule has 31 heavy (non-hydrogen) atoms. The van der Waals surface area contributed by atoms with Crippen LogP contribution in [0.1, 0.15) is 37.1 Å². The summed E-state index contributed by atoms with van der Waals surface area (Å²) in [5, 5.41) is 1.65. The largest absolute Gasteiger partial charge is 0.496 e. The Bertz CT molecular complexity index is 1060. The van der Waals surface area contributed by atoms with E-state index in [-0.39, 0.29) is 17.9 Å². The second-order valence-electron chi connectivity index (χ2n) is 8.16. The number of nitrogens with one attached hydrogen (secondary N) is 1. The number of halogens is 2. The lowest BCUT2D eigenvalue weighted by molar-refractivity contribution is -0.137. The molecule has 8 heteroatoms. The quantitative estimate of drug-likeness (QED) is 0.355. The number of aldehydes is 1. The Labute approximate surface area is 195 Å². The monoisotopic (exact) mass is 508 g/mol. The van der Waals surface area contributed by atoms with Gasteiger partial charge in [0.1, 0.15) is 12.0 Å². The van der Waals surface area contributed by atoms with Gasteiger partial charge >= 0.3 is 5.97 Å². The van der Waals surface area contributed by atoms with Gasteiger partial charge in [-0.1, -0.05) is 24.9 Å². The molecule has 1 aromatic heterocycles. The summed E-state index contributed by atoms with van der Waals surface area (Å²) in [7, 11) is 3.02. The van der Waals surface area contributed by atoms with Crippen molar-refractivity contribution in [3.05, 3.63) is 38.5 Å². The average molecular weight is 510 g/mol. The van der Waals surface area contributed by atoms with Gasteiger partial charge in [-0.3, -0.25) is 9.69 Å². The predicted octanol–water partition coefficient (Wildman–Crippen LogP) is 4.84. The van der Waals surface area contributed by atoms with E-state index in [1.807, 2.05) is 6.07 Å². The van der Waals surface area contributed by atoms with Crippen molar-refractivity contribution in [3.8, 4) is 5.75 Å². The van der Waals surface area contributed by atoms with E-state index in [2.05, 4.69) is 32.7 Å². The molecule has 0 amide bonds. The highest BCUT2D eigenvalue weighted by molar-refractivity contribution is 9.10. The summed E-state index contributed by atoms with van der Waals surface area (Å²) in [6.07, 6.45) is 4.63. The number of H-pyrrole nitrogens is 1. The number of hydrogen-bond acceptors (Lipinski definition) is 5. The Morgan fingerprint density at radius 3 is 2.84 bits per heavy atom. The van der Waals surface area contributed by atoms with Crippen molar-refractivity contribution < 1.29 is 19.1 Å². The minimum absolute atomic E-state index is 0.0461. The third-order valence-corrected chi connectivity index (χ3v) is 8.17. The summed E-state index contributed by atoms with van der Waals surface area (Å²) in [5.41, 5.74) is 3.77. The van der Waals surface area contributed by atoms with Crippen molar-refractivity contribution in [1.29, 1.82) is 0 Å². The lowest BCUT2D eigenvalue weighted by Gasteiger charge is -2.46. The fourth-order valence-corrected chi connectivity index (χ4v) is 5.94. The molecule has 2 aliphatic heterocycles. The number of piperidine rings is 1. The highest BCUT2D eigenvalue weighted by atomic mass is 79.9. The molecule has 3 atom stereocenters. The molecular weight excluding hydrogens is 484 g/mol. The van der Waals surface area contributed by atoms with Gasteiger partial charge in [0.15, 0.2) is 0 Å². The van der Waals surface area contributed by atoms with Gasteiger partial charge in [0.05, 0.1) is 35.3 Å². The standard InChI is InChI=1S/C23H26BrClN2O4/c1-4-12-11-27-7-5-14-19-18(30-2)10-16(25)20(24)22(19)26-21(14)17(27)9-15(12)13(6-8-28)23(29)31-3/h6,8,10,12,15,17,26H,4-5,7,9,11H2,1-3H3/b13-6+/t12-,15+,17+/m1/s1. The lowest BCUT2D eigenvalue weighted by atomic mass is 9.73. The maximum absolute atomic E-state index is 12.5. The molecule has 3 heterocycles. The minimum Gasteiger partial charge on any atom is -0.496 e. The molecule has 1 aromatic carbocycles. The smallest absolute Gasteiger partial charge is 0.334 e. The second-order valence-corrected chi connectivity index (χ2v) is 9.36. The third kappa shape index (κ3) is 3.70. The zero-order valence-corrected chi connectivity index (χ0v) is 20.2. The van der Waals surface area contributed by atoms with E-state index < -0.39 is 5.97 Å². The third-order valence-electron chi connectivity index (χ3n) is 6.82. The average Bonchev–Trinajstić information content (AvgIpc) is 3.19. The van der Waals surface area contributed by atoms with E-state index in [0.717, 1.165) is 59.2 Å². The van der Waals surface area contributed by atoms with Gasteiger partial charge in [0.25, 0.3) is 0 Å². The number of fused-ring (bicyclic) bond motifs is 5. The lowest BCUT2D eigenvalue weighted by Crippen LogP contribution is -2.47. The van der Waals surface area contributed by atoms with Gasteiger partial charge < -0.3 is 14.5 Å². The number of carbonyl (C=O) groups excluding carboxylic acids is 2. The van der Waals surface area contributed by atoms with E-state index in [9.17, 15) is 9.59 Å². The molecule has 166 valence electrons. The number of hydrogen-bond donors (Lipinski definition) is 1. The van der Waals surface area contributed by atoms with Crippen LogP contribution < -0.4 is 4.74 Å². The summed E-state index contributed by atoms with van der Waals surface area (Å²) in [6.45, 7) is 3.94. The van der Waals surface area contributed by atoms with E-state index in [1.54, 1.807) is 7.11 Å². The Kier molecular flexibility index (Phi) is 6.47. The van der Waals surface area contributed by atoms with Crippen LogP contribution in [-0.4, -0.2) is 49.4 Å². The molecular formula is C23H26BrClN2O4. The number of benzene rings is 1. The molecule has 6 nitrogen and oxygen atoms in total. The van der Waals surface area contributed by atoms with E-state index in [4.69, 9.17) is 21.1 Å². The first-order chi connectivity index (χ1) is 14.9. The topological polar surface area (TPSA) is 71.6 Å². The molecule has 0 spiro atoms. The van der Waals surface area contributed by atoms with Gasteiger partial charge in [-0.25, -0.2) is 4.79 Å². The van der Waals surface area contributed by atoms with Crippen LogP contribution in [0.3, 0.4) is 0 Å². The highest BCUT2D eigenvalue weighted by Gasteiger charge is 2.42. The first-order valence-corrected chi connectivity index (χ1v) is 11.7. The minimum atomic E-state index is -0.423. The number of allylic oxidation sites excluding steroid dienone is 1. The zero-order valence-electron chi connectivity index (χ0n) is 17.8. The normalized spacial score (nSPS) is 23.9. The van der Waals surface area contributed by atoms with E-state index >= 15 is 0 Å². The number of carbonyl (C=O) groups is 2. The Balaban J connectivity index is 1.82. The number of methoxy groups -OCH3 is 2. The summed E-state index contributed by atoms with van der Waals surface area (Å²) in [4.78, 5) is 29.8. The van der Waals surface area contributed by atoms with Gasteiger partial charge in [-0.05, 0) is 52.2 Å². The van der Waals surface area contributed by atoms with Crippen molar-refractivity contribution in [2.24, 2.45) is 11.8 Å². The van der Waals surface area contributed by atoms with Crippen LogP contribution in [0.5, 0.6) is 5.75 Å².